The maximum Gasteiger partial charge on any atom is 0.233 e. The van der Waals surface area contributed by atoms with Crippen molar-refractivity contribution >= 4 is 38.7 Å². The van der Waals surface area contributed by atoms with E-state index in [2.05, 4.69) is 10.2 Å². The second kappa shape index (κ2) is 5.34. The molecule has 0 saturated carbocycles. The summed E-state index contributed by atoms with van der Waals surface area (Å²) in [6.45, 7) is 0. The molecule has 0 spiro atoms. The SMILES string of the molecule is O=c1cc2sc3nnc(-c4ccccc4Cl)n3nc-2c2ccccc12. The fraction of sp³-hybridized carbons (Fsp3) is 0. The normalized spacial score (nSPS) is 11.6. The molecule has 0 N–H and O–H groups in total. The zero-order valence-corrected chi connectivity index (χ0v) is 14.3. The van der Waals surface area contributed by atoms with Crippen LogP contribution in [0, 0.1) is 0 Å². The smallest absolute Gasteiger partial charge is 0.233 e. The van der Waals surface area contributed by atoms with Crippen molar-refractivity contribution in [2.24, 2.45) is 0 Å². The average molecular weight is 365 g/mol. The number of hydrogen-bond acceptors (Lipinski definition) is 5. The first-order valence-electron chi connectivity index (χ1n) is 7.55. The molecule has 1 aliphatic heterocycles. The molecule has 1 aliphatic carbocycles. The minimum atomic E-state index is -0.0173. The molecule has 0 radical (unpaired) electrons. The van der Waals surface area contributed by atoms with Crippen LogP contribution in [-0.4, -0.2) is 19.8 Å². The molecular formula is C18H9ClN4OS. The van der Waals surface area contributed by atoms with Gasteiger partial charge in [-0.05, 0) is 12.1 Å². The molecular weight excluding hydrogens is 356 g/mol. The summed E-state index contributed by atoms with van der Waals surface area (Å²) >= 11 is 7.69. The third-order valence-corrected chi connectivity index (χ3v) is 5.37. The van der Waals surface area contributed by atoms with Gasteiger partial charge in [-0.2, -0.15) is 9.61 Å². The molecule has 0 saturated heterocycles. The number of halogens is 1. The molecule has 0 bridgehead atoms. The second-order valence-electron chi connectivity index (χ2n) is 5.57. The van der Waals surface area contributed by atoms with E-state index in [4.69, 9.17) is 16.7 Å². The number of fused-ring (bicyclic) bond motifs is 4. The summed E-state index contributed by atoms with van der Waals surface area (Å²) in [6, 6.07) is 16.5. The van der Waals surface area contributed by atoms with Crippen LogP contribution in [0.4, 0.5) is 0 Å². The van der Waals surface area contributed by atoms with Gasteiger partial charge in [0.1, 0.15) is 5.69 Å². The van der Waals surface area contributed by atoms with Gasteiger partial charge in [0.25, 0.3) is 0 Å². The zero-order valence-electron chi connectivity index (χ0n) is 12.7. The van der Waals surface area contributed by atoms with Crippen LogP contribution in [0.1, 0.15) is 0 Å². The van der Waals surface area contributed by atoms with E-state index in [1.54, 1.807) is 10.6 Å². The molecule has 1 aromatic heterocycles. The van der Waals surface area contributed by atoms with Crippen molar-refractivity contribution in [3.8, 4) is 22.0 Å². The lowest BCUT2D eigenvalue weighted by Crippen LogP contribution is -2.05. The van der Waals surface area contributed by atoms with Crippen molar-refractivity contribution in [1.82, 2.24) is 19.8 Å². The molecule has 2 aromatic carbocycles. The van der Waals surface area contributed by atoms with Gasteiger partial charge in [0.2, 0.25) is 4.96 Å². The second-order valence-corrected chi connectivity index (χ2v) is 6.98. The summed E-state index contributed by atoms with van der Waals surface area (Å²) < 4.78 is 1.69. The minimum Gasteiger partial charge on any atom is -0.289 e. The first-order valence-corrected chi connectivity index (χ1v) is 8.75. The van der Waals surface area contributed by atoms with Crippen molar-refractivity contribution in [3.05, 3.63) is 69.8 Å². The topological polar surface area (TPSA) is 60.2 Å². The van der Waals surface area contributed by atoms with E-state index in [0.717, 1.165) is 21.5 Å². The number of benzene rings is 3. The van der Waals surface area contributed by atoms with Gasteiger partial charge < -0.3 is 0 Å². The van der Waals surface area contributed by atoms with Gasteiger partial charge in [-0.15, -0.1) is 10.2 Å². The summed E-state index contributed by atoms with van der Waals surface area (Å²) in [6.07, 6.45) is 0. The predicted octanol–water partition coefficient (Wildman–Crippen LogP) is 4.12. The molecule has 25 heavy (non-hydrogen) atoms. The standard InChI is InChI=1S/C18H9ClN4OS/c19-13-8-4-3-7-12(13)17-20-21-18-23(17)22-16-11-6-2-1-5-10(11)14(24)9-15(16)25-18/h1-9H. The van der Waals surface area contributed by atoms with E-state index in [1.165, 1.54) is 11.3 Å². The Labute approximate surface area is 150 Å². The Hall–Kier alpha value is -2.83. The van der Waals surface area contributed by atoms with Gasteiger partial charge in [-0.1, -0.05) is 59.3 Å². The van der Waals surface area contributed by atoms with Crippen molar-refractivity contribution in [3.63, 3.8) is 0 Å². The summed E-state index contributed by atoms with van der Waals surface area (Å²) in [4.78, 5) is 13.7. The fourth-order valence-corrected chi connectivity index (χ4v) is 4.04. The van der Waals surface area contributed by atoms with Gasteiger partial charge in [-0.25, -0.2) is 0 Å². The van der Waals surface area contributed by atoms with Gasteiger partial charge in [0.15, 0.2) is 11.3 Å². The Balaban J connectivity index is 1.92. The lowest BCUT2D eigenvalue weighted by atomic mass is 10.1. The van der Waals surface area contributed by atoms with Crippen molar-refractivity contribution in [2.45, 2.75) is 0 Å². The molecule has 2 heterocycles. The molecule has 0 unspecified atom stereocenters. The molecule has 0 amide bonds. The van der Waals surface area contributed by atoms with Crippen LogP contribution in [-0.2, 0) is 0 Å². The molecule has 3 aromatic rings. The molecule has 0 fully saturated rings. The first kappa shape index (κ1) is 14.5. The largest absolute Gasteiger partial charge is 0.289 e. The van der Waals surface area contributed by atoms with Gasteiger partial charge >= 0.3 is 0 Å². The van der Waals surface area contributed by atoms with E-state index in [1.807, 2.05) is 48.5 Å². The number of nitrogens with zero attached hydrogens (tertiary/aromatic N) is 4. The van der Waals surface area contributed by atoms with E-state index >= 15 is 0 Å². The average Bonchev–Trinajstić information content (AvgIpc) is 3.04. The van der Waals surface area contributed by atoms with Crippen LogP contribution < -0.4 is 5.43 Å². The Kier molecular flexibility index (Phi) is 3.10. The van der Waals surface area contributed by atoms with Crippen LogP contribution in [0.2, 0.25) is 5.02 Å². The monoisotopic (exact) mass is 364 g/mol. The molecule has 5 nitrogen and oxygen atoms in total. The van der Waals surface area contributed by atoms with E-state index in [0.29, 0.717) is 21.2 Å². The Morgan fingerprint density at radius 3 is 2.56 bits per heavy atom. The van der Waals surface area contributed by atoms with Crippen molar-refractivity contribution < 1.29 is 0 Å². The van der Waals surface area contributed by atoms with Gasteiger partial charge in [0.05, 0.1) is 9.90 Å². The van der Waals surface area contributed by atoms with Crippen LogP contribution in [0.25, 0.3) is 37.7 Å². The third kappa shape index (κ3) is 2.15. The zero-order chi connectivity index (χ0) is 17.0. The molecule has 2 aliphatic rings. The third-order valence-electron chi connectivity index (χ3n) is 4.07. The van der Waals surface area contributed by atoms with Crippen LogP contribution in [0.15, 0.2) is 59.4 Å². The van der Waals surface area contributed by atoms with Crippen molar-refractivity contribution in [1.29, 1.82) is 0 Å². The van der Waals surface area contributed by atoms with E-state index in [-0.39, 0.29) is 5.43 Å². The predicted molar refractivity (Wildman–Crippen MR) is 99.5 cm³/mol. The number of aromatic nitrogens is 4. The quantitative estimate of drug-likeness (QED) is 0.420. The summed E-state index contributed by atoms with van der Waals surface area (Å²) in [5, 5.41) is 15.2. The van der Waals surface area contributed by atoms with E-state index in [9.17, 15) is 4.79 Å². The number of hydrogen-bond donors (Lipinski definition) is 0. The lowest BCUT2D eigenvalue weighted by molar-refractivity contribution is 0.957. The van der Waals surface area contributed by atoms with Crippen LogP contribution in [0.3, 0.4) is 0 Å². The maximum atomic E-state index is 12.3. The minimum absolute atomic E-state index is 0.0173. The maximum absolute atomic E-state index is 12.3. The molecule has 0 atom stereocenters. The van der Waals surface area contributed by atoms with E-state index < -0.39 is 0 Å². The lowest BCUT2D eigenvalue weighted by Gasteiger charge is -2.08. The highest BCUT2D eigenvalue weighted by Gasteiger charge is 2.18. The first-order chi connectivity index (χ1) is 12.2. The Bertz CT molecular complexity index is 1290. The fourth-order valence-electron chi connectivity index (χ4n) is 2.91. The molecule has 5 rings (SSSR count). The van der Waals surface area contributed by atoms with Gasteiger partial charge in [-0.3, -0.25) is 4.79 Å². The Morgan fingerprint density at radius 1 is 0.960 bits per heavy atom. The molecule has 7 heteroatoms. The highest BCUT2D eigenvalue weighted by Crippen LogP contribution is 2.33. The highest BCUT2D eigenvalue weighted by molar-refractivity contribution is 7.20. The molecule has 120 valence electrons. The van der Waals surface area contributed by atoms with Gasteiger partial charge in [0, 0.05) is 22.4 Å². The highest BCUT2D eigenvalue weighted by atomic mass is 35.5. The van der Waals surface area contributed by atoms with Crippen molar-refractivity contribution in [2.75, 3.05) is 0 Å². The number of rotatable bonds is 1. The summed E-state index contributed by atoms with van der Waals surface area (Å²) in [5.41, 5.74) is 1.50. The van der Waals surface area contributed by atoms with Crippen LogP contribution >= 0.6 is 22.9 Å². The van der Waals surface area contributed by atoms with Crippen LogP contribution in [0.5, 0.6) is 0 Å². The summed E-state index contributed by atoms with van der Waals surface area (Å²) in [7, 11) is 0. The Morgan fingerprint density at radius 2 is 1.72 bits per heavy atom. The summed E-state index contributed by atoms with van der Waals surface area (Å²) in [5.74, 6) is 0.578.